The minimum absolute atomic E-state index is 0.111. The van der Waals surface area contributed by atoms with Gasteiger partial charge in [-0.3, -0.25) is 0 Å². The highest BCUT2D eigenvalue weighted by Crippen LogP contribution is 2.62. The molecule has 1 heteroatoms. The van der Waals surface area contributed by atoms with Crippen LogP contribution in [-0.2, 0) is 10.8 Å². The van der Waals surface area contributed by atoms with Gasteiger partial charge in [-0.05, 0) is 109 Å². The van der Waals surface area contributed by atoms with Crippen LogP contribution in [0.3, 0.4) is 0 Å². The van der Waals surface area contributed by atoms with Gasteiger partial charge in [0.1, 0.15) is 0 Å². The molecule has 252 valence electrons. The number of hydrogen-bond acceptors (Lipinski definition) is 1. The fraction of sp³-hybridized carbons (Fsp3) is 0.0769. The molecule has 0 aromatic heterocycles. The van der Waals surface area contributed by atoms with Crippen LogP contribution in [0.25, 0.3) is 33.4 Å². The SMILES string of the molecule is CC1(C)c2ccccc2C2(c3ccccc3-c3ccc(-c4ccc(-c5cccc(N(c6ccccc6)c6ccccc6)c5)cc4)cc32)c2ccccc21. The molecular weight excluding hydrogens is 639 g/mol. The summed E-state index contributed by atoms with van der Waals surface area (Å²) < 4.78 is 0. The summed E-state index contributed by atoms with van der Waals surface area (Å²) in [6.07, 6.45) is 0. The molecule has 1 nitrogen and oxygen atoms in total. The van der Waals surface area contributed by atoms with E-state index in [1.165, 1.54) is 66.8 Å². The third-order valence-electron chi connectivity index (χ3n) is 11.7. The van der Waals surface area contributed by atoms with Gasteiger partial charge in [-0.15, -0.1) is 0 Å². The van der Waals surface area contributed by atoms with Gasteiger partial charge in [0.25, 0.3) is 0 Å². The molecule has 8 aromatic rings. The first kappa shape index (κ1) is 31.3. The fourth-order valence-electron chi connectivity index (χ4n) is 9.32. The summed E-state index contributed by atoms with van der Waals surface area (Å²) in [5.41, 5.74) is 18.7. The molecule has 0 heterocycles. The molecule has 0 amide bonds. The van der Waals surface area contributed by atoms with Gasteiger partial charge in [0.15, 0.2) is 0 Å². The van der Waals surface area contributed by atoms with Crippen molar-refractivity contribution in [3.63, 3.8) is 0 Å². The topological polar surface area (TPSA) is 3.24 Å². The monoisotopic (exact) mass is 677 g/mol. The van der Waals surface area contributed by atoms with Crippen molar-refractivity contribution in [1.82, 2.24) is 0 Å². The summed E-state index contributed by atoms with van der Waals surface area (Å²) in [6, 6.07) is 73.7. The smallest absolute Gasteiger partial charge is 0.0719 e. The Morgan fingerprint density at radius 2 is 0.736 bits per heavy atom. The highest BCUT2D eigenvalue weighted by Gasteiger charge is 2.53. The second-order valence-electron chi connectivity index (χ2n) is 14.9. The zero-order chi connectivity index (χ0) is 35.6. The molecule has 53 heavy (non-hydrogen) atoms. The van der Waals surface area contributed by atoms with E-state index in [1.807, 2.05) is 0 Å². The Morgan fingerprint density at radius 3 is 1.32 bits per heavy atom. The van der Waals surface area contributed by atoms with Crippen molar-refractivity contribution >= 4 is 17.1 Å². The number of para-hydroxylation sites is 2. The van der Waals surface area contributed by atoms with E-state index in [2.05, 4.69) is 219 Å². The number of benzene rings is 8. The molecule has 10 rings (SSSR count). The van der Waals surface area contributed by atoms with E-state index in [-0.39, 0.29) is 5.41 Å². The van der Waals surface area contributed by atoms with Gasteiger partial charge in [0.2, 0.25) is 0 Å². The lowest BCUT2D eigenvalue weighted by molar-refractivity contribution is 0.563. The first-order valence-electron chi connectivity index (χ1n) is 18.6. The number of hydrogen-bond donors (Lipinski definition) is 0. The van der Waals surface area contributed by atoms with E-state index in [0.717, 1.165) is 17.1 Å². The third kappa shape index (κ3) is 4.70. The number of nitrogens with zero attached hydrogens (tertiary/aromatic N) is 1. The van der Waals surface area contributed by atoms with E-state index < -0.39 is 5.41 Å². The van der Waals surface area contributed by atoms with Gasteiger partial charge in [-0.2, -0.15) is 0 Å². The number of rotatable bonds is 5. The van der Waals surface area contributed by atoms with Gasteiger partial charge in [-0.25, -0.2) is 0 Å². The predicted octanol–water partition coefficient (Wildman–Crippen LogP) is 13.5. The van der Waals surface area contributed by atoms with Crippen molar-refractivity contribution in [2.24, 2.45) is 0 Å². The first-order chi connectivity index (χ1) is 26.0. The summed E-state index contributed by atoms with van der Waals surface area (Å²) in [6.45, 7) is 4.77. The molecule has 1 spiro atoms. The van der Waals surface area contributed by atoms with Gasteiger partial charge >= 0.3 is 0 Å². The van der Waals surface area contributed by atoms with Crippen molar-refractivity contribution in [3.05, 3.63) is 234 Å². The van der Waals surface area contributed by atoms with Gasteiger partial charge in [-0.1, -0.05) is 172 Å². The normalized spacial score (nSPS) is 14.2. The number of fused-ring (bicyclic) bond motifs is 9. The minimum Gasteiger partial charge on any atom is -0.310 e. The number of anilines is 3. The predicted molar refractivity (Wildman–Crippen MR) is 221 cm³/mol. The highest BCUT2D eigenvalue weighted by molar-refractivity contribution is 5.90. The maximum atomic E-state index is 2.48. The summed E-state index contributed by atoms with van der Waals surface area (Å²) in [7, 11) is 0. The van der Waals surface area contributed by atoms with E-state index in [1.54, 1.807) is 0 Å². The van der Waals surface area contributed by atoms with Crippen LogP contribution in [0.2, 0.25) is 0 Å². The second kappa shape index (κ2) is 12.1. The molecule has 0 bridgehead atoms. The molecule has 0 unspecified atom stereocenters. The van der Waals surface area contributed by atoms with Gasteiger partial charge in [0, 0.05) is 22.5 Å². The van der Waals surface area contributed by atoms with Crippen molar-refractivity contribution in [1.29, 1.82) is 0 Å². The van der Waals surface area contributed by atoms with Crippen molar-refractivity contribution in [2.45, 2.75) is 24.7 Å². The van der Waals surface area contributed by atoms with E-state index in [0.29, 0.717) is 0 Å². The Morgan fingerprint density at radius 1 is 0.302 bits per heavy atom. The maximum absolute atomic E-state index is 2.48. The molecule has 2 aliphatic carbocycles. The lowest BCUT2D eigenvalue weighted by atomic mass is 9.55. The minimum atomic E-state index is -0.394. The van der Waals surface area contributed by atoms with Crippen molar-refractivity contribution in [2.75, 3.05) is 4.90 Å². The molecule has 0 N–H and O–H groups in total. The Hall–Kier alpha value is -6.44. The highest BCUT2D eigenvalue weighted by atomic mass is 15.1. The largest absolute Gasteiger partial charge is 0.310 e. The standard InChI is InChI=1S/C52H39N/c1-51(2)46-24-11-13-26-48(46)52(49-27-14-12-25-47(49)51)45-23-10-9-22-43(45)44-33-32-39(35-50(44)52)37-30-28-36(29-31-37)38-16-15-21-42(34-38)53(40-17-5-3-6-18-40)41-19-7-4-8-20-41/h3-35H,1-2H3. The average Bonchev–Trinajstić information content (AvgIpc) is 3.51. The van der Waals surface area contributed by atoms with E-state index >= 15 is 0 Å². The molecule has 0 atom stereocenters. The maximum Gasteiger partial charge on any atom is 0.0719 e. The third-order valence-corrected chi connectivity index (χ3v) is 11.7. The van der Waals surface area contributed by atoms with E-state index in [9.17, 15) is 0 Å². The molecule has 0 saturated heterocycles. The Kier molecular flexibility index (Phi) is 7.13. The molecule has 0 fully saturated rings. The second-order valence-corrected chi connectivity index (χ2v) is 14.9. The average molecular weight is 678 g/mol. The molecular formula is C52H39N. The fourth-order valence-corrected chi connectivity index (χ4v) is 9.32. The van der Waals surface area contributed by atoms with E-state index in [4.69, 9.17) is 0 Å². The quantitative estimate of drug-likeness (QED) is 0.175. The molecule has 0 radical (unpaired) electrons. The summed E-state index contributed by atoms with van der Waals surface area (Å²) in [5.74, 6) is 0. The van der Waals surface area contributed by atoms with Crippen LogP contribution in [0.15, 0.2) is 200 Å². The van der Waals surface area contributed by atoms with Crippen LogP contribution in [0.1, 0.15) is 47.2 Å². The Bertz CT molecular complexity index is 2540. The lowest BCUT2D eigenvalue weighted by Crippen LogP contribution is -2.40. The van der Waals surface area contributed by atoms with Gasteiger partial charge in [0.05, 0.1) is 5.41 Å². The van der Waals surface area contributed by atoms with Crippen molar-refractivity contribution in [3.8, 4) is 33.4 Å². The summed E-state index contributed by atoms with van der Waals surface area (Å²) >= 11 is 0. The summed E-state index contributed by atoms with van der Waals surface area (Å²) in [5, 5.41) is 0. The first-order valence-corrected chi connectivity index (χ1v) is 18.6. The van der Waals surface area contributed by atoms with Crippen LogP contribution in [-0.4, -0.2) is 0 Å². The van der Waals surface area contributed by atoms with Crippen molar-refractivity contribution < 1.29 is 0 Å². The summed E-state index contributed by atoms with van der Waals surface area (Å²) in [4.78, 5) is 2.32. The molecule has 0 saturated carbocycles. The Labute approximate surface area is 312 Å². The van der Waals surface area contributed by atoms with Crippen LogP contribution in [0.4, 0.5) is 17.1 Å². The molecule has 8 aromatic carbocycles. The molecule has 2 aliphatic rings. The van der Waals surface area contributed by atoms with Crippen LogP contribution >= 0.6 is 0 Å². The van der Waals surface area contributed by atoms with Gasteiger partial charge < -0.3 is 4.90 Å². The zero-order valence-corrected chi connectivity index (χ0v) is 30.0. The lowest BCUT2D eigenvalue weighted by Gasteiger charge is -2.46. The van der Waals surface area contributed by atoms with Crippen LogP contribution in [0, 0.1) is 0 Å². The zero-order valence-electron chi connectivity index (χ0n) is 30.0. The van der Waals surface area contributed by atoms with Crippen LogP contribution < -0.4 is 4.90 Å². The Balaban J connectivity index is 1.08. The molecule has 0 aliphatic heterocycles. The van der Waals surface area contributed by atoms with Crippen LogP contribution in [0.5, 0.6) is 0 Å².